The van der Waals surface area contributed by atoms with E-state index in [-0.39, 0.29) is 5.91 Å². The third-order valence-electron chi connectivity index (χ3n) is 2.38. The van der Waals surface area contributed by atoms with Gasteiger partial charge in [-0.3, -0.25) is 4.79 Å². The molecule has 4 nitrogen and oxygen atoms in total. The van der Waals surface area contributed by atoms with Crippen molar-refractivity contribution >= 4 is 11.6 Å². The molecule has 0 bridgehead atoms. The second kappa shape index (κ2) is 8.45. The van der Waals surface area contributed by atoms with Crippen LogP contribution in [-0.4, -0.2) is 25.7 Å². The Morgan fingerprint density at radius 2 is 1.95 bits per heavy atom. The van der Waals surface area contributed by atoms with E-state index in [0.717, 1.165) is 24.4 Å². The number of hydrogen-bond acceptors (Lipinski definition) is 3. The van der Waals surface area contributed by atoms with Crippen molar-refractivity contribution in [3.63, 3.8) is 0 Å². The van der Waals surface area contributed by atoms with Gasteiger partial charge in [0, 0.05) is 25.7 Å². The highest BCUT2D eigenvalue weighted by molar-refractivity contribution is 5.88. The fourth-order valence-corrected chi connectivity index (χ4v) is 1.53. The van der Waals surface area contributed by atoms with E-state index in [4.69, 9.17) is 4.74 Å². The molecule has 0 saturated heterocycles. The van der Waals surface area contributed by atoms with Gasteiger partial charge >= 0.3 is 0 Å². The molecule has 1 aromatic carbocycles. The van der Waals surface area contributed by atoms with E-state index in [2.05, 4.69) is 17.2 Å². The summed E-state index contributed by atoms with van der Waals surface area (Å²) >= 11 is 0. The number of nitrogens with one attached hydrogen (secondary N) is 2. The first-order valence-electron chi connectivity index (χ1n) is 6.37. The lowest BCUT2D eigenvalue weighted by molar-refractivity contribution is -0.114. The summed E-state index contributed by atoms with van der Waals surface area (Å²) in [6.45, 7) is 10.1. The Labute approximate surface area is 114 Å². The van der Waals surface area contributed by atoms with Gasteiger partial charge in [-0.25, -0.2) is 0 Å². The summed E-state index contributed by atoms with van der Waals surface area (Å²) < 4.78 is 5.39. The zero-order valence-corrected chi connectivity index (χ0v) is 11.7. The van der Waals surface area contributed by atoms with E-state index in [1.165, 1.54) is 12.5 Å². The highest BCUT2D eigenvalue weighted by Gasteiger charge is 1.96. The maximum Gasteiger partial charge on any atom is 0.221 e. The largest absolute Gasteiger partial charge is 0.376 e. The number of ether oxygens (including phenoxy) is 1. The molecular formula is C15H22N2O2. The lowest BCUT2D eigenvalue weighted by Crippen LogP contribution is -2.19. The third-order valence-corrected chi connectivity index (χ3v) is 2.38. The summed E-state index contributed by atoms with van der Waals surface area (Å²) in [5, 5.41) is 6.03. The molecule has 0 unspecified atom stereocenters. The van der Waals surface area contributed by atoms with Crippen LogP contribution in [-0.2, 0) is 16.1 Å². The molecule has 0 radical (unpaired) electrons. The minimum atomic E-state index is -0.0551. The second-order valence-electron chi connectivity index (χ2n) is 4.56. The number of rotatable bonds is 8. The first-order valence-corrected chi connectivity index (χ1v) is 6.37. The van der Waals surface area contributed by atoms with Crippen molar-refractivity contribution in [1.82, 2.24) is 5.32 Å². The molecule has 104 valence electrons. The van der Waals surface area contributed by atoms with Crippen molar-refractivity contribution < 1.29 is 9.53 Å². The van der Waals surface area contributed by atoms with Crippen molar-refractivity contribution in [1.29, 1.82) is 0 Å². The van der Waals surface area contributed by atoms with Gasteiger partial charge in [-0.1, -0.05) is 24.3 Å². The number of amides is 1. The molecule has 0 saturated carbocycles. The van der Waals surface area contributed by atoms with Crippen LogP contribution in [0.3, 0.4) is 0 Å². The lowest BCUT2D eigenvalue weighted by atomic mass is 10.2. The van der Waals surface area contributed by atoms with Gasteiger partial charge in [-0.05, 0) is 24.6 Å². The predicted molar refractivity (Wildman–Crippen MR) is 78.1 cm³/mol. The van der Waals surface area contributed by atoms with Crippen molar-refractivity contribution in [2.45, 2.75) is 20.4 Å². The normalized spacial score (nSPS) is 10.2. The predicted octanol–water partition coefficient (Wildman–Crippen LogP) is 2.33. The zero-order chi connectivity index (χ0) is 14.1. The van der Waals surface area contributed by atoms with Crippen LogP contribution in [0, 0.1) is 0 Å². The average Bonchev–Trinajstić information content (AvgIpc) is 2.34. The minimum absolute atomic E-state index is 0.0551. The fraction of sp³-hybridized carbons (Fsp3) is 0.400. The number of hydrogen-bond donors (Lipinski definition) is 2. The molecule has 1 aromatic rings. The van der Waals surface area contributed by atoms with Crippen molar-refractivity contribution in [3.05, 3.63) is 42.0 Å². The minimum Gasteiger partial charge on any atom is -0.376 e. The Balaban J connectivity index is 2.19. The molecule has 0 aliphatic carbocycles. The van der Waals surface area contributed by atoms with Crippen LogP contribution in [0.2, 0.25) is 0 Å². The number of carbonyl (C=O) groups excluding carboxylic acids is 1. The molecule has 0 fully saturated rings. The maximum absolute atomic E-state index is 10.9. The van der Waals surface area contributed by atoms with Gasteiger partial charge in [0.1, 0.15) is 0 Å². The Morgan fingerprint density at radius 3 is 2.53 bits per heavy atom. The van der Waals surface area contributed by atoms with E-state index in [1.54, 1.807) is 0 Å². The number of anilines is 1. The van der Waals surface area contributed by atoms with Crippen LogP contribution < -0.4 is 10.6 Å². The molecule has 4 heteroatoms. The van der Waals surface area contributed by atoms with Gasteiger partial charge in [0.15, 0.2) is 0 Å². The summed E-state index contributed by atoms with van der Waals surface area (Å²) in [6, 6.07) is 7.78. The van der Waals surface area contributed by atoms with Gasteiger partial charge in [0.05, 0.1) is 13.2 Å². The molecule has 2 N–H and O–H groups in total. The Kier molecular flexibility index (Phi) is 6.85. The van der Waals surface area contributed by atoms with Crippen LogP contribution in [0.25, 0.3) is 0 Å². The molecule has 0 heterocycles. The molecule has 1 rings (SSSR count). The Morgan fingerprint density at radius 1 is 1.26 bits per heavy atom. The van der Waals surface area contributed by atoms with Crippen LogP contribution in [0.4, 0.5) is 5.69 Å². The van der Waals surface area contributed by atoms with E-state index < -0.39 is 0 Å². The van der Waals surface area contributed by atoms with E-state index in [1.807, 2.05) is 31.2 Å². The van der Waals surface area contributed by atoms with Crippen molar-refractivity contribution in [2.24, 2.45) is 0 Å². The molecule has 0 spiro atoms. The van der Waals surface area contributed by atoms with Gasteiger partial charge in [-0.2, -0.15) is 0 Å². The van der Waals surface area contributed by atoms with E-state index in [9.17, 15) is 4.79 Å². The van der Waals surface area contributed by atoms with E-state index >= 15 is 0 Å². The molecule has 0 aliphatic rings. The van der Waals surface area contributed by atoms with Crippen molar-refractivity contribution in [2.75, 3.05) is 25.1 Å². The van der Waals surface area contributed by atoms with Crippen molar-refractivity contribution in [3.8, 4) is 0 Å². The first-order chi connectivity index (χ1) is 9.08. The number of benzene rings is 1. The molecule has 0 aliphatic heterocycles. The standard InChI is InChI=1S/C15H22N2O2/c1-12(2)11-19-9-8-16-10-14-4-6-15(7-5-14)17-13(3)18/h4-7,16H,1,8-11H2,2-3H3,(H,17,18). The van der Waals surface area contributed by atoms with Crippen LogP contribution in [0.5, 0.6) is 0 Å². The summed E-state index contributed by atoms with van der Waals surface area (Å²) in [6.07, 6.45) is 0. The van der Waals surface area contributed by atoms with Gasteiger partial charge in [-0.15, -0.1) is 0 Å². The Hall–Kier alpha value is -1.65. The molecule has 1 amide bonds. The average molecular weight is 262 g/mol. The van der Waals surface area contributed by atoms with Gasteiger partial charge < -0.3 is 15.4 Å². The second-order valence-corrected chi connectivity index (χ2v) is 4.56. The van der Waals surface area contributed by atoms with Crippen LogP contribution >= 0.6 is 0 Å². The third kappa shape index (κ3) is 7.39. The van der Waals surface area contributed by atoms with Crippen LogP contribution in [0.1, 0.15) is 19.4 Å². The lowest BCUT2D eigenvalue weighted by Gasteiger charge is -2.07. The molecule has 0 aromatic heterocycles. The molecule has 19 heavy (non-hydrogen) atoms. The maximum atomic E-state index is 10.9. The van der Waals surface area contributed by atoms with Crippen LogP contribution in [0.15, 0.2) is 36.4 Å². The summed E-state index contributed by atoms with van der Waals surface area (Å²) in [4.78, 5) is 10.9. The fourth-order valence-electron chi connectivity index (χ4n) is 1.53. The summed E-state index contributed by atoms with van der Waals surface area (Å²) in [7, 11) is 0. The molecular weight excluding hydrogens is 240 g/mol. The smallest absolute Gasteiger partial charge is 0.221 e. The zero-order valence-electron chi connectivity index (χ0n) is 11.7. The first kappa shape index (κ1) is 15.4. The topological polar surface area (TPSA) is 50.4 Å². The monoisotopic (exact) mass is 262 g/mol. The SMILES string of the molecule is C=C(C)COCCNCc1ccc(NC(C)=O)cc1. The van der Waals surface area contributed by atoms with E-state index in [0.29, 0.717) is 13.2 Å². The van der Waals surface area contributed by atoms with Gasteiger partial charge in [0.2, 0.25) is 5.91 Å². The van der Waals surface area contributed by atoms with Gasteiger partial charge in [0.25, 0.3) is 0 Å². The molecule has 0 atom stereocenters. The Bertz CT molecular complexity index is 413. The quantitative estimate of drug-likeness (QED) is 0.558. The highest BCUT2D eigenvalue weighted by atomic mass is 16.5. The summed E-state index contributed by atoms with van der Waals surface area (Å²) in [5.41, 5.74) is 3.03. The number of carbonyl (C=O) groups is 1. The summed E-state index contributed by atoms with van der Waals surface area (Å²) in [5.74, 6) is -0.0551. The highest BCUT2D eigenvalue weighted by Crippen LogP contribution is 2.09.